The summed E-state index contributed by atoms with van der Waals surface area (Å²) in [4.78, 5) is 12.0. The van der Waals surface area contributed by atoms with E-state index >= 15 is 0 Å². The number of carbonyl (C=O) groups is 1. The van der Waals surface area contributed by atoms with Crippen LogP contribution >= 0.6 is 0 Å². The summed E-state index contributed by atoms with van der Waals surface area (Å²) in [6.45, 7) is 4.46. The van der Waals surface area contributed by atoms with E-state index in [0.29, 0.717) is 6.54 Å². The highest BCUT2D eigenvalue weighted by molar-refractivity contribution is 7.89. The molecule has 20 heavy (non-hydrogen) atoms. The van der Waals surface area contributed by atoms with Gasteiger partial charge in [-0.15, -0.1) is 0 Å². The van der Waals surface area contributed by atoms with Crippen LogP contribution in [0.15, 0.2) is 35.2 Å². The molecule has 1 aromatic carbocycles. The maximum absolute atomic E-state index is 12.4. The van der Waals surface area contributed by atoms with Crippen molar-refractivity contribution in [3.05, 3.63) is 30.3 Å². The predicted octanol–water partition coefficient (Wildman–Crippen LogP) is 1.61. The molecule has 0 saturated carbocycles. The molecule has 0 fully saturated rings. The van der Waals surface area contributed by atoms with Gasteiger partial charge in [0.1, 0.15) is 0 Å². The zero-order valence-corrected chi connectivity index (χ0v) is 12.8. The summed E-state index contributed by atoms with van der Waals surface area (Å²) in [5, 5.41) is 2.73. The Morgan fingerprint density at radius 1 is 1.20 bits per heavy atom. The minimum absolute atomic E-state index is 0.141. The highest BCUT2D eigenvalue weighted by Crippen LogP contribution is 2.14. The summed E-state index contributed by atoms with van der Waals surface area (Å²) in [6, 6.07) is 8.16. The van der Waals surface area contributed by atoms with E-state index in [1.165, 1.54) is 16.4 Å². The summed E-state index contributed by atoms with van der Waals surface area (Å²) in [6.07, 6.45) is 1.88. The zero-order valence-electron chi connectivity index (χ0n) is 12.0. The fourth-order valence-corrected chi connectivity index (χ4v) is 3.16. The smallest absolute Gasteiger partial charge is 0.243 e. The molecular weight excluding hydrogens is 276 g/mol. The number of rotatable bonds is 8. The number of nitrogens with one attached hydrogen (secondary N) is 1. The largest absolute Gasteiger partial charge is 0.355 e. The van der Waals surface area contributed by atoms with Gasteiger partial charge in [-0.25, -0.2) is 8.42 Å². The lowest BCUT2D eigenvalue weighted by Gasteiger charge is -2.20. The van der Waals surface area contributed by atoms with Crippen LogP contribution in [0.25, 0.3) is 0 Å². The Kier molecular flexibility index (Phi) is 6.67. The summed E-state index contributed by atoms with van der Waals surface area (Å²) < 4.78 is 25.9. The van der Waals surface area contributed by atoms with Crippen molar-refractivity contribution in [3.63, 3.8) is 0 Å². The molecule has 1 N–H and O–H groups in total. The monoisotopic (exact) mass is 298 g/mol. The van der Waals surface area contributed by atoms with Crippen molar-refractivity contribution in [2.45, 2.75) is 31.6 Å². The standard InChI is InChI=1S/C14H22N2O3S/c1-3-5-11-15-14(17)12-16(4-2)20(18,19)13-9-7-6-8-10-13/h6-10H,3-5,11-12H2,1-2H3,(H,15,17). The highest BCUT2D eigenvalue weighted by Gasteiger charge is 2.24. The number of hydrogen-bond donors (Lipinski definition) is 1. The van der Waals surface area contributed by atoms with Gasteiger partial charge in [0.25, 0.3) is 0 Å². The minimum atomic E-state index is -3.60. The quantitative estimate of drug-likeness (QED) is 0.742. The molecule has 0 heterocycles. The fourth-order valence-electron chi connectivity index (χ4n) is 1.73. The van der Waals surface area contributed by atoms with E-state index in [2.05, 4.69) is 5.32 Å². The number of amides is 1. The van der Waals surface area contributed by atoms with Crippen LogP contribution in [0, 0.1) is 0 Å². The van der Waals surface area contributed by atoms with E-state index in [0.717, 1.165) is 12.8 Å². The Morgan fingerprint density at radius 3 is 2.40 bits per heavy atom. The van der Waals surface area contributed by atoms with Crippen LogP contribution in [0.1, 0.15) is 26.7 Å². The first-order chi connectivity index (χ1) is 9.52. The van der Waals surface area contributed by atoms with Gasteiger partial charge in [0.05, 0.1) is 11.4 Å². The third-order valence-corrected chi connectivity index (χ3v) is 4.84. The molecule has 0 spiro atoms. The summed E-state index contributed by atoms with van der Waals surface area (Å²) in [5.41, 5.74) is 0. The second kappa shape index (κ2) is 8.01. The molecule has 5 nitrogen and oxygen atoms in total. The van der Waals surface area contributed by atoms with Crippen molar-refractivity contribution in [1.82, 2.24) is 9.62 Å². The molecule has 0 unspecified atom stereocenters. The molecule has 0 atom stereocenters. The second-order valence-corrected chi connectivity index (χ2v) is 6.39. The number of benzene rings is 1. The maximum atomic E-state index is 12.4. The fraction of sp³-hybridized carbons (Fsp3) is 0.500. The summed E-state index contributed by atoms with van der Waals surface area (Å²) in [5.74, 6) is -0.264. The third-order valence-electron chi connectivity index (χ3n) is 2.91. The average molecular weight is 298 g/mol. The highest BCUT2D eigenvalue weighted by atomic mass is 32.2. The van der Waals surface area contributed by atoms with Gasteiger partial charge in [-0.3, -0.25) is 4.79 Å². The Bertz CT molecular complexity index is 514. The maximum Gasteiger partial charge on any atom is 0.243 e. The Morgan fingerprint density at radius 2 is 1.85 bits per heavy atom. The summed E-state index contributed by atoms with van der Waals surface area (Å²) in [7, 11) is -3.60. The van der Waals surface area contributed by atoms with Crippen molar-refractivity contribution < 1.29 is 13.2 Å². The second-order valence-electron chi connectivity index (χ2n) is 4.45. The van der Waals surface area contributed by atoms with Gasteiger partial charge < -0.3 is 5.32 Å². The Labute approximate surface area is 121 Å². The molecule has 0 aliphatic heterocycles. The molecule has 6 heteroatoms. The molecule has 0 saturated heterocycles. The molecule has 0 aromatic heterocycles. The molecule has 1 aromatic rings. The van der Waals surface area contributed by atoms with Gasteiger partial charge in [0.15, 0.2) is 0 Å². The molecule has 112 valence electrons. The van der Waals surface area contributed by atoms with E-state index in [1.54, 1.807) is 25.1 Å². The van der Waals surface area contributed by atoms with Crippen LogP contribution in [0.5, 0.6) is 0 Å². The van der Waals surface area contributed by atoms with Crippen LogP contribution in [-0.4, -0.2) is 38.3 Å². The molecule has 1 rings (SSSR count). The first kappa shape index (κ1) is 16.7. The van der Waals surface area contributed by atoms with Crippen molar-refractivity contribution in [2.24, 2.45) is 0 Å². The Hall–Kier alpha value is -1.40. The van der Waals surface area contributed by atoms with Crippen LogP contribution in [0.4, 0.5) is 0 Å². The van der Waals surface area contributed by atoms with Gasteiger partial charge in [-0.1, -0.05) is 38.5 Å². The van der Waals surface area contributed by atoms with Crippen LogP contribution < -0.4 is 5.32 Å². The molecule has 0 aliphatic rings. The van der Waals surface area contributed by atoms with E-state index in [1.807, 2.05) is 6.92 Å². The topological polar surface area (TPSA) is 66.5 Å². The van der Waals surface area contributed by atoms with Gasteiger partial charge in [-0.05, 0) is 18.6 Å². The number of carbonyl (C=O) groups excluding carboxylic acids is 1. The van der Waals surface area contributed by atoms with Crippen molar-refractivity contribution >= 4 is 15.9 Å². The number of hydrogen-bond acceptors (Lipinski definition) is 3. The third kappa shape index (κ3) is 4.61. The van der Waals surface area contributed by atoms with E-state index in [-0.39, 0.29) is 23.9 Å². The number of likely N-dealkylation sites (N-methyl/N-ethyl adjacent to an activating group) is 1. The predicted molar refractivity (Wildman–Crippen MR) is 78.8 cm³/mol. The van der Waals surface area contributed by atoms with Gasteiger partial charge in [0.2, 0.25) is 15.9 Å². The molecular formula is C14H22N2O3S. The SMILES string of the molecule is CCCCNC(=O)CN(CC)S(=O)(=O)c1ccccc1. The van der Waals surface area contributed by atoms with Crippen molar-refractivity contribution in [2.75, 3.05) is 19.6 Å². The van der Waals surface area contributed by atoms with Crippen molar-refractivity contribution in [1.29, 1.82) is 0 Å². The van der Waals surface area contributed by atoms with Gasteiger partial charge >= 0.3 is 0 Å². The van der Waals surface area contributed by atoms with E-state index < -0.39 is 10.0 Å². The lowest BCUT2D eigenvalue weighted by Crippen LogP contribution is -2.40. The Balaban J connectivity index is 2.73. The zero-order chi connectivity index (χ0) is 15.0. The van der Waals surface area contributed by atoms with Gasteiger partial charge in [0, 0.05) is 13.1 Å². The lowest BCUT2D eigenvalue weighted by atomic mass is 10.3. The van der Waals surface area contributed by atoms with Crippen LogP contribution in [0.2, 0.25) is 0 Å². The number of sulfonamides is 1. The number of nitrogens with zero attached hydrogens (tertiary/aromatic N) is 1. The normalized spacial score (nSPS) is 11.6. The van der Waals surface area contributed by atoms with Crippen LogP contribution in [-0.2, 0) is 14.8 Å². The molecule has 0 radical (unpaired) electrons. The van der Waals surface area contributed by atoms with Crippen LogP contribution in [0.3, 0.4) is 0 Å². The number of unbranched alkanes of at least 4 members (excludes halogenated alkanes) is 1. The van der Waals surface area contributed by atoms with Gasteiger partial charge in [-0.2, -0.15) is 4.31 Å². The first-order valence-corrected chi connectivity index (χ1v) is 8.28. The van der Waals surface area contributed by atoms with E-state index in [9.17, 15) is 13.2 Å². The summed E-state index contributed by atoms with van der Waals surface area (Å²) >= 11 is 0. The van der Waals surface area contributed by atoms with Crippen molar-refractivity contribution in [3.8, 4) is 0 Å². The molecule has 0 bridgehead atoms. The lowest BCUT2D eigenvalue weighted by molar-refractivity contribution is -0.121. The average Bonchev–Trinajstić information content (AvgIpc) is 2.45. The minimum Gasteiger partial charge on any atom is -0.355 e. The first-order valence-electron chi connectivity index (χ1n) is 6.84. The molecule has 1 amide bonds. The van der Waals surface area contributed by atoms with E-state index in [4.69, 9.17) is 0 Å². The molecule has 0 aliphatic carbocycles.